The van der Waals surface area contributed by atoms with Crippen molar-refractivity contribution in [3.05, 3.63) is 24.1 Å². The van der Waals surface area contributed by atoms with Crippen molar-refractivity contribution < 1.29 is 9.13 Å². The maximum atomic E-state index is 13.9. The normalized spacial score (nSPS) is 17.8. The fourth-order valence-corrected chi connectivity index (χ4v) is 2.84. The molecule has 1 unspecified atom stereocenters. The molecule has 2 heterocycles. The number of hydrogen-bond acceptors (Lipinski definition) is 4. The first-order valence-corrected chi connectivity index (χ1v) is 9.58. The second kappa shape index (κ2) is 11.0. The van der Waals surface area contributed by atoms with Crippen molar-refractivity contribution in [1.29, 1.82) is 0 Å². The molecule has 26 heavy (non-hydrogen) atoms. The van der Waals surface area contributed by atoms with Crippen molar-refractivity contribution in [3.8, 4) is 0 Å². The average molecular weight is 365 g/mol. The smallest absolute Gasteiger partial charge is 0.191 e. The minimum absolute atomic E-state index is 0.219. The molecule has 1 aliphatic heterocycles. The van der Waals surface area contributed by atoms with Gasteiger partial charge in [-0.05, 0) is 37.8 Å². The number of aromatic nitrogens is 1. The first-order chi connectivity index (χ1) is 12.6. The third-order valence-corrected chi connectivity index (χ3v) is 4.26. The zero-order valence-electron chi connectivity index (χ0n) is 16.2. The van der Waals surface area contributed by atoms with E-state index in [9.17, 15) is 4.39 Å². The Kier molecular flexibility index (Phi) is 8.61. The molecular weight excluding hydrogens is 333 g/mol. The van der Waals surface area contributed by atoms with Crippen molar-refractivity contribution in [2.75, 3.05) is 44.3 Å². The minimum Gasteiger partial charge on any atom is -0.380 e. The van der Waals surface area contributed by atoms with Crippen LogP contribution in [-0.4, -0.2) is 56.4 Å². The molecule has 146 valence electrons. The number of aliphatic imine (C=N–C) groups is 1. The van der Waals surface area contributed by atoms with Gasteiger partial charge in [-0.3, -0.25) is 4.99 Å². The van der Waals surface area contributed by atoms with Crippen molar-refractivity contribution in [1.82, 2.24) is 15.6 Å². The first kappa shape index (κ1) is 20.4. The molecule has 1 aromatic heterocycles. The van der Waals surface area contributed by atoms with Crippen LogP contribution in [0.1, 0.15) is 33.6 Å². The number of halogens is 1. The Bertz CT molecular complexity index is 567. The molecule has 0 aromatic carbocycles. The summed E-state index contributed by atoms with van der Waals surface area (Å²) in [6, 6.07) is 3.29. The maximum Gasteiger partial charge on any atom is 0.191 e. The van der Waals surface area contributed by atoms with Crippen LogP contribution in [0.15, 0.2) is 23.3 Å². The van der Waals surface area contributed by atoms with Crippen molar-refractivity contribution in [2.24, 2.45) is 10.9 Å². The summed E-state index contributed by atoms with van der Waals surface area (Å²) >= 11 is 0. The highest BCUT2D eigenvalue weighted by molar-refractivity contribution is 5.80. The predicted octanol–water partition coefficient (Wildman–Crippen LogP) is 2.42. The number of nitrogens with one attached hydrogen (secondary N) is 2. The van der Waals surface area contributed by atoms with Gasteiger partial charge in [-0.15, -0.1) is 0 Å². The molecule has 1 fully saturated rings. The van der Waals surface area contributed by atoms with Gasteiger partial charge < -0.3 is 20.3 Å². The molecule has 2 N–H and O–H groups in total. The average Bonchev–Trinajstić information content (AvgIpc) is 3.06. The number of pyridine rings is 1. The van der Waals surface area contributed by atoms with Crippen LogP contribution in [0.25, 0.3) is 0 Å². The summed E-state index contributed by atoms with van der Waals surface area (Å²) in [6.07, 6.45) is 3.62. The van der Waals surface area contributed by atoms with E-state index in [-0.39, 0.29) is 11.9 Å². The van der Waals surface area contributed by atoms with E-state index in [1.807, 2.05) is 11.8 Å². The highest BCUT2D eigenvalue weighted by Gasteiger charge is 2.25. The lowest BCUT2D eigenvalue weighted by Gasteiger charge is -2.20. The number of nitrogens with zero attached hydrogens (tertiary/aromatic N) is 3. The third-order valence-electron chi connectivity index (χ3n) is 4.26. The quantitative estimate of drug-likeness (QED) is 0.400. The van der Waals surface area contributed by atoms with E-state index in [0.29, 0.717) is 31.4 Å². The first-order valence-electron chi connectivity index (χ1n) is 9.58. The van der Waals surface area contributed by atoms with Gasteiger partial charge in [-0.1, -0.05) is 13.8 Å². The molecule has 1 aliphatic rings. The summed E-state index contributed by atoms with van der Waals surface area (Å²) in [7, 11) is 0. The Labute approximate surface area is 156 Å². The molecule has 1 atom stereocenters. The van der Waals surface area contributed by atoms with Crippen molar-refractivity contribution in [3.63, 3.8) is 0 Å². The second-order valence-electron chi connectivity index (χ2n) is 6.94. The van der Waals surface area contributed by atoms with Crippen LogP contribution in [0.3, 0.4) is 0 Å². The minimum atomic E-state index is -0.271. The van der Waals surface area contributed by atoms with Gasteiger partial charge in [0, 0.05) is 38.5 Å². The summed E-state index contributed by atoms with van der Waals surface area (Å²) in [5, 5.41) is 6.70. The lowest BCUT2D eigenvalue weighted by Crippen LogP contribution is -2.44. The summed E-state index contributed by atoms with van der Waals surface area (Å²) in [5.74, 6) is 1.60. The fraction of sp³-hybridized carbons (Fsp3) is 0.684. The molecule has 0 radical (unpaired) electrons. The number of ether oxygens (including phenoxy) is 1. The zero-order chi connectivity index (χ0) is 18.8. The van der Waals surface area contributed by atoms with E-state index in [4.69, 9.17) is 4.74 Å². The van der Waals surface area contributed by atoms with Crippen LogP contribution in [0.2, 0.25) is 0 Å². The standard InChI is InChI=1S/C19H32FN5O/c1-4-21-19(23-10-13-26-12-8-15(2)3)24-16-7-11-25(14-16)18-17(20)6-5-9-22-18/h5-6,9,15-16H,4,7-8,10-14H2,1-3H3,(H2,21,23,24). The van der Waals surface area contributed by atoms with Gasteiger partial charge in [0.15, 0.2) is 17.6 Å². The van der Waals surface area contributed by atoms with Gasteiger partial charge >= 0.3 is 0 Å². The molecule has 6 nitrogen and oxygen atoms in total. The number of guanidine groups is 1. The highest BCUT2D eigenvalue weighted by Crippen LogP contribution is 2.20. The van der Waals surface area contributed by atoms with E-state index < -0.39 is 0 Å². The zero-order valence-corrected chi connectivity index (χ0v) is 16.2. The topological polar surface area (TPSA) is 61.8 Å². The van der Waals surface area contributed by atoms with Gasteiger partial charge in [0.05, 0.1) is 13.2 Å². The number of rotatable bonds is 9. The molecule has 1 saturated heterocycles. The van der Waals surface area contributed by atoms with E-state index in [0.717, 1.165) is 38.5 Å². The lowest BCUT2D eigenvalue weighted by molar-refractivity contribution is 0.130. The molecule has 2 rings (SSSR count). The van der Waals surface area contributed by atoms with E-state index in [1.165, 1.54) is 6.07 Å². The monoisotopic (exact) mass is 365 g/mol. The van der Waals surface area contributed by atoms with E-state index in [2.05, 4.69) is 34.5 Å². The van der Waals surface area contributed by atoms with Gasteiger partial charge in [0.2, 0.25) is 0 Å². The summed E-state index contributed by atoms with van der Waals surface area (Å²) < 4.78 is 19.5. The van der Waals surface area contributed by atoms with Crippen LogP contribution in [0.4, 0.5) is 10.2 Å². The number of hydrogen-bond donors (Lipinski definition) is 2. The van der Waals surface area contributed by atoms with Crippen molar-refractivity contribution in [2.45, 2.75) is 39.7 Å². The second-order valence-corrected chi connectivity index (χ2v) is 6.94. The molecule has 0 bridgehead atoms. The molecule has 0 saturated carbocycles. The molecule has 0 spiro atoms. The summed E-state index contributed by atoms with van der Waals surface area (Å²) in [5.41, 5.74) is 0. The predicted molar refractivity (Wildman–Crippen MR) is 104 cm³/mol. The van der Waals surface area contributed by atoms with E-state index >= 15 is 0 Å². The van der Waals surface area contributed by atoms with Crippen LogP contribution >= 0.6 is 0 Å². The molecular formula is C19H32FN5O. The summed E-state index contributed by atoms with van der Waals surface area (Å²) in [4.78, 5) is 10.7. The maximum absolute atomic E-state index is 13.9. The highest BCUT2D eigenvalue weighted by atomic mass is 19.1. The largest absolute Gasteiger partial charge is 0.380 e. The number of anilines is 1. The van der Waals surface area contributed by atoms with Gasteiger partial charge in [-0.25, -0.2) is 9.37 Å². The third kappa shape index (κ3) is 6.78. The Hall–Kier alpha value is -1.89. The Morgan fingerprint density at radius 2 is 2.31 bits per heavy atom. The SMILES string of the molecule is CCNC(=NCCOCCC(C)C)NC1CCN(c2ncccc2F)C1. The Morgan fingerprint density at radius 1 is 1.46 bits per heavy atom. The van der Waals surface area contributed by atoms with Crippen LogP contribution in [-0.2, 0) is 4.74 Å². The lowest BCUT2D eigenvalue weighted by atomic mass is 10.1. The van der Waals surface area contributed by atoms with Crippen molar-refractivity contribution >= 4 is 11.8 Å². The summed E-state index contributed by atoms with van der Waals surface area (Å²) in [6.45, 7) is 10.7. The Balaban J connectivity index is 1.78. The molecule has 1 aromatic rings. The van der Waals surface area contributed by atoms with Gasteiger partial charge in [0.25, 0.3) is 0 Å². The van der Waals surface area contributed by atoms with Gasteiger partial charge in [-0.2, -0.15) is 0 Å². The van der Waals surface area contributed by atoms with Crippen LogP contribution in [0, 0.1) is 11.7 Å². The van der Waals surface area contributed by atoms with E-state index in [1.54, 1.807) is 12.3 Å². The molecule has 7 heteroatoms. The fourth-order valence-electron chi connectivity index (χ4n) is 2.84. The molecule has 0 amide bonds. The Morgan fingerprint density at radius 3 is 3.04 bits per heavy atom. The van der Waals surface area contributed by atoms with Gasteiger partial charge in [0.1, 0.15) is 0 Å². The van der Waals surface area contributed by atoms with Crippen LogP contribution in [0.5, 0.6) is 0 Å². The van der Waals surface area contributed by atoms with Crippen LogP contribution < -0.4 is 15.5 Å². The molecule has 0 aliphatic carbocycles.